The first kappa shape index (κ1) is 20.8. The van der Waals surface area contributed by atoms with Gasteiger partial charge in [-0.1, -0.05) is 18.2 Å². The van der Waals surface area contributed by atoms with Gasteiger partial charge in [0.1, 0.15) is 0 Å². The Morgan fingerprint density at radius 1 is 1.21 bits per heavy atom. The third kappa shape index (κ3) is 6.02. The summed E-state index contributed by atoms with van der Waals surface area (Å²) in [5.74, 6) is -0.0594. The number of hydrogen-bond donors (Lipinski definition) is 1. The van der Waals surface area contributed by atoms with E-state index >= 15 is 0 Å². The molecule has 1 amide bonds. The second-order valence-electron chi connectivity index (χ2n) is 6.30. The largest absolute Gasteiger partial charge is 0.452 e. The van der Waals surface area contributed by atoms with Gasteiger partial charge < -0.3 is 14.8 Å². The fraction of sp³-hybridized carbons (Fsp3) is 0.333. The molecular formula is C21H23NO4S2. The van der Waals surface area contributed by atoms with Gasteiger partial charge >= 0.3 is 5.97 Å². The number of hydrogen-bond acceptors (Lipinski definition) is 6. The second kappa shape index (κ2) is 10.5. The van der Waals surface area contributed by atoms with Crippen molar-refractivity contribution in [2.75, 3.05) is 30.5 Å². The first-order valence-corrected chi connectivity index (χ1v) is 11.3. The van der Waals surface area contributed by atoms with Crippen molar-refractivity contribution in [1.82, 2.24) is 0 Å². The predicted molar refractivity (Wildman–Crippen MR) is 113 cm³/mol. The number of amides is 1. The first-order chi connectivity index (χ1) is 13.7. The Bertz CT molecular complexity index is 822. The van der Waals surface area contributed by atoms with Crippen molar-refractivity contribution < 1.29 is 19.1 Å². The fourth-order valence-electron chi connectivity index (χ4n) is 2.83. The van der Waals surface area contributed by atoms with Crippen LogP contribution in [0.25, 0.3) is 0 Å². The summed E-state index contributed by atoms with van der Waals surface area (Å²) in [4.78, 5) is 26.5. The highest BCUT2D eigenvalue weighted by Gasteiger charge is 2.19. The van der Waals surface area contributed by atoms with Crippen LogP contribution in [0, 0.1) is 0 Å². The zero-order valence-corrected chi connectivity index (χ0v) is 17.3. The molecule has 0 aromatic heterocycles. The van der Waals surface area contributed by atoms with Crippen LogP contribution in [-0.2, 0) is 14.3 Å². The monoisotopic (exact) mass is 417 g/mol. The van der Waals surface area contributed by atoms with Crippen LogP contribution >= 0.6 is 23.5 Å². The summed E-state index contributed by atoms with van der Waals surface area (Å²) in [6.07, 6.45) is 4.34. The summed E-state index contributed by atoms with van der Waals surface area (Å²) in [5.41, 5.74) is 1.16. The number of rotatable bonds is 8. The molecule has 0 saturated carbocycles. The van der Waals surface area contributed by atoms with Crippen molar-refractivity contribution in [2.24, 2.45) is 0 Å². The number of ether oxygens (including phenoxy) is 2. The maximum atomic E-state index is 12.5. The Hall–Kier alpha value is -1.96. The minimum Gasteiger partial charge on any atom is -0.452 e. The Balaban J connectivity index is 1.53. The van der Waals surface area contributed by atoms with E-state index in [-0.39, 0.29) is 18.6 Å². The average Bonchev–Trinajstić information content (AvgIpc) is 3.24. The van der Waals surface area contributed by atoms with Crippen LogP contribution in [0.15, 0.2) is 58.3 Å². The van der Waals surface area contributed by atoms with Crippen LogP contribution in [0.4, 0.5) is 5.69 Å². The van der Waals surface area contributed by atoms with E-state index in [9.17, 15) is 9.59 Å². The summed E-state index contributed by atoms with van der Waals surface area (Å²) in [6, 6.07) is 14.8. The normalized spacial score (nSPS) is 16.0. The lowest BCUT2D eigenvalue weighted by Crippen LogP contribution is -2.21. The third-order valence-electron chi connectivity index (χ3n) is 4.24. The van der Waals surface area contributed by atoms with Crippen LogP contribution < -0.4 is 5.32 Å². The van der Waals surface area contributed by atoms with Crippen LogP contribution in [0.2, 0.25) is 0 Å². The van der Waals surface area contributed by atoms with Crippen molar-refractivity contribution in [3.8, 4) is 0 Å². The SMILES string of the molecule is CSc1cccc(NC(=O)COC(=O)c2ccccc2SCC2CCCO2)c1. The highest BCUT2D eigenvalue weighted by Crippen LogP contribution is 2.27. The van der Waals surface area contributed by atoms with Gasteiger partial charge in [-0.15, -0.1) is 23.5 Å². The zero-order chi connectivity index (χ0) is 19.8. The van der Waals surface area contributed by atoms with Crippen molar-refractivity contribution in [3.63, 3.8) is 0 Å². The van der Waals surface area contributed by atoms with E-state index in [1.807, 2.05) is 36.6 Å². The highest BCUT2D eigenvalue weighted by molar-refractivity contribution is 7.99. The molecule has 1 saturated heterocycles. The van der Waals surface area contributed by atoms with Gasteiger partial charge in [0, 0.05) is 27.8 Å². The molecule has 1 N–H and O–H groups in total. The third-order valence-corrected chi connectivity index (χ3v) is 6.17. The van der Waals surface area contributed by atoms with Gasteiger partial charge in [0.05, 0.1) is 11.7 Å². The number of anilines is 1. The fourth-order valence-corrected chi connectivity index (χ4v) is 4.40. The molecule has 28 heavy (non-hydrogen) atoms. The second-order valence-corrected chi connectivity index (χ2v) is 8.24. The molecule has 0 radical (unpaired) electrons. The van der Waals surface area contributed by atoms with E-state index in [1.165, 1.54) is 0 Å². The number of esters is 1. The maximum Gasteiger partial charge on any atom is 0.339 e. The van der Waals surface area contributed by atoms with E-state index < -0.39 is 5.97 Å². The summed E-state index contributed by atoms with van der Waals surface area (Å²) in [5, 5.41) is 2.75. The lowest BCUT2D eigenvalue weighted by Gasteiger charge is -2.12. The average molecular weight is 418 g/mol. The predicted octanol–water partition coefficient (Wildman–Crippen LogP) is 4.48. The van der Waals surface area contributed by atoms with E-state index in [0.717, 1.165) is 35.0 Å². The molecule has 1 unspecified atom stereocenters. The van der Waals surface area contributed by atoms with Gasteiger partial charge in [-0.3, -0.25) is 4.79 Å². The number of carbonyl (C=O) groups is 2. The Morgan fingerprint density at radius 2 is 2.07 bits per heavy atom. The molecule has 2 aromatic carbocycles. The van der Waals surface area contributed by atoms with Gasteiger partial charge in [-0.25, -0.2) is 4.79 Å². The molecule has 5 nitrogen and oxygen atoms in total. The van der Waals surface area contributed by atoms with Crippen LogP contribution in [0.5, 0.6) is 0 Å². The first-order valence-electron chi connectivity index (χ1n) is 9.10. The van der Waals surface area contributed by atoms with E-state index in [2.05, 4.69) is 5.32 Å². The van der Waals surface area contributed by atoms with Gasteiger partial charge in [-0.2, -0.15) is 0 Å². The van der Waals surface area contributed by atoms with Crippen LogP contribution in [-0.4, -0.2) is 43.2 Å². The van der Waals surface area contributed by atoms with Crippen molar-refractivity contribution in [3.05, 3.63) is 54.1 Å². The Labute approximate surface area is 173 Å². The lowest BCUT2D eigenvalue weighted by atomic mass is 10.2. The lowest BCUT2D eigenvalue weighted by molar-refractivity contribution is -0.119. The summed E-state index contributed by atoms with van der Waals surface area (Å²) < 4.78 is 10.9. The molecule has 0 aliphatic carbocycles. The van der Waals surface area contributed by atoms with E-state index in [0.29, 0.717) is 11.3 Å². The van der Waals surface area contributed by atoms with Crippen molar-refractivity contribution >= 4 is 41.1 Å². The number of thioether (sulfide) groups is 2. The molecule has 1 atom stereocenters. The summed E-state index contributed by atoms with van der Waals surface area (Å²) >= 11 is 3.18. The number of carbonyl (C=O) groups excluding carboxylic acids is 2. The number of nitrogens with one attached hydrogen (secondary N) is 1. The number of benzene rings is 2. The van der Waals surface area contributed by atoms with Gasteiger partial charge in [0.2, 0.25) is 0 Å². The molecule has 1 fully saturated rings. The molecule has 0 bridgehead atoms. The van der Waals surface area contributed by atoms with E-state index in [1.54, 1.807) is 41.7 Å². The molecule has 3 rings (SSSR count). The topological polar surface area (TPSA) is 64.6 Å². The molecule has 148 valence electrons. The Morgan fingerprint density at radius 3 is 2.86 bits per heavy atom. The zero-order valence-electron chi connectivity index (χ0n) is 15.7. The summed E-state index contributed by atoms with van der Waals surface area (Å²) in [7, 11) is 0. The molecule has 7 heteroatoms. The van der Waals surface area contributed by atoms with Gasteiger partial charge in [-0.05, 0) is 49.4 Å². The molecule has 1 heterocycles. The summed E-state index contributed by atoms with van der Waals surface area (Å²) in [6.45, 7) is 0.483. The smallest absolute Gasteiger partial charge is 0.339 e. The van der Waals surface area contributed by atoms with Crippen molar-refractivity contribution in [2.45, 2.75) is 28.7 Å². The molecule has 2 aromatic rings. The minimum atomic E-state index is -0.497. The van der Waals surface area contributed by atoms with Gasteiger partial charge in [0.25, 0.3) is 5.91 Å². The van der Waals surface area contributed by atoms with Gasteiger partial charge in [0.15, 0.2) is 6.61 Å². The quantitative estimate of drug-likeness (QED) is 0.505. The minimum absolute atomic E-state index is 0.233. The highest BCUT2D eigenvalue weighted by atomic mass is 32.2. The van der Waals surface area contributed by atoms with Crippen molar-refractivity contribution in [1.29, 1.82) is 0 Å². The van der Waals surface area contributed by atoms with Crippen LogP contribution in [0.3, 0.4) is 0 Å². The molecule has 1 aliphatic heterocycles. The molecular weight excluding hydrogens is 394 g/mol. The van der Waals surface area contributed by atoms with E-state index in [4.69, 9.17) is 9.47 Å². The standard InChI is InChI=1S/C21H23NO4S2/c1-27-17-8-4-6-15(12-17)22-20(23)13-26-21(24)18-9-2-3-10-19(18)28-14-16-7-5-11-25-16/h2-4,6,8-10,12,16H,5,7,11,13-14H2,1H3,(H,22,23). The van der Waals surface area contributed by atoms with Crippen LogP contribution in [0.1, 0.15) is 23.2 Å². The maximum absolute atomic E-state index is 12.5. The molecule has 1 aliphatic rings. The molecule has 0 spiro atoms. The Kier molecular flexibility index (Phi) is 7.82.